The molecular weight excluding hydrogens is 448 g/mol. The number of hydrogen-bond acceptors (Lipinski definition) is 7. The second-order valence-corrected chi connectivity index (χ2v) is 8.40. The molecule has 0 radical (unpaired) electrons. The summed E-state index contributed by atoms with van der Waals surface area (Å²) < 4.78 is 16.0. The number of furan rings is 1. The Hall–Kier alpha value is -4.20. The van der Waals surface area contributed by atoms with Gasteiger partial charge in [0, 0.05) is 26.3 Å². The molecule has 8 heteroatoms. The van der Waals surface area contributed by atoms with Crippen molar-refractivity contribution < 1.29 is 28.6 Å². The molecule has 0 fully saturated rings. The number of anilines is 1. The Balaban J connectivity index is 1.68. The highest BCUT2D eigenvalue weighted by molar-refractivity contribution is 6.15. The van der Waals surface area contributed by atoms with Crippen LogP contribution in [0.15, 0.2) is 76.6 Å². The minimum atomic E-state index is -0.753. The van der Waals surface area contributed by atoms with Crippen LogP contribution in [0.25, 0.3) is 0 Å². The zero-order valence-electron chi connectivity index (χ0n) is 20.1. The third-order valence-electron chi connectivity index (χ3n) is 6.11. The fourth-order valence-corrected chi connectivity index (χ4v) is 4.24. The van der Waals surface area contributed by atoms with E-state index in [9.17, 15) is 14.7 Å². The fourth-order valence-electron chi connectivity index (χ4n) is 4.24. The van der Waals surface area contributed by atoms with Gasteiger partial charge in [0.2, 0.25) is 5.78 Å². The zero-order valence-corrected chi connectivity index (χ0v) is 20.1. The number of methoxy groups -OCH3 is 2. The maximum absolute atomic E-state index is 13.3. The molecule has 2 heterocycles. The monoisotopic (exact) mass is 476 g/mol. The smallest absolute Gasteiger partial charge is 0.290 e. The van der Waals surface area contributed by atoms with Crippen molar-refractivity contribution >= 4 is 17.4 Å². The third kappa shape index (κ3) is 4.59. The van der Waals surface area contributed by atoms with Crippen molar-refractivity contribution in [1.29, 1.82) is 0 Å². The molecule has 0 bridgehead atoms. The van der Waals surface area contributed by atoms with Gasteiger partial charge in [0.05, 0.1) is 32.1 Å². The number of benzene rings is 2. The van der Waals surface area contributed by atoms with Gasteiger partial charge >= 0.3 is 0 Å². The number of ether oxygens (including phenoxy) is 2. The second-order valence-electron chi connectivity index (χ2n) is 8.40. The first-order chi connectivity index (χ1) is 16.8. The van der Waals surface area contributed by atoms with Crippen LogP contribution in [0.4, 0.5) is 5.69 Å². The van der Waals surface area contributed by atoms with Gasteiger partial charge < -0.3 is 28.8 Å². The number of Topliss-reactive ketones (excluding diaryl/α,β-unsaturated/α-hetero) is 1. The summed E-state index contributed by atoms with van der Waals surface area (Å²) in [7, 11) is 6.99. The molecule has 0 saturated carbocycles. The first-order valence-corrected chi connectivity index (χ1v) is 11.2. The molecule has 0 saturated heterocycles. The summed E-state index contributed by atoms with van der Waals surface area (Å²) in [5, 5.41) is 10.8. The van der Waals surface area contributed by atoms with Crippen LogP contribution in [-0.2, 0) is 11.2 Å². The van der Waals surface area contributed by atoms with Crippen LogP contribution < -0.4 is 14.4 Å². The minimum absolute atomic E-state index is 0.00913. The SMILES string of the molecule is COc1ccc(CCN2C(=O)C(O)=C(C(=O)c3ccco3)C2c2ccc(N(C)C)cc2)cc1OC. The summed E-state index contributed by atoms with van der Waals surface area (Å²) in [5.74, 6) is -0.407. The number of carbonyl (C=O) groups excluding carboxylic acids is 2. The molecule has 35 heavy (non-hydrogen) atoms. The van der Waals surface area contributed by atoms with E-state index in [2.05, 4.69) is 0 Å². The molecule has 8 nitrogen and oxygen atoms in total. The topological polar surface area (TPSA) is 92.5 Å². The number of nitrogens with zero attached hydrogens (tertiary/aromatic N) is 2. The summed E-state index contributed by atoms with van der Waals surface area (Å²) in [5.41, 5.74) is 2.62. The Morgan fingerprint density at radius 2 is 1.77 bits per heavy atom. The molecule has 1 aromatic heterocycles. The number of aliphatic hydroxyl groups excluding tert-OH is 1. The van der Waals surface area contributed by atoms with Gasteiger partial charge in [-0.25, -0.2) is 0 Å². The summed E-state index contributed by atoms with van der Waals surface area (Å²) in [6.07, 6.45) is 1.87. The van der Waals surface area contributed by atoms with Gasteiger partial charge in [-0.2, -0.15) is 0 Å². The lowest BCUT2D eigenvalue weighted by Crippen LogP contribution is -2.33. The van der Waals surface area contributed by atoms with Crippen molar-refractivity contribution in [3.63, 3.8) is 0 Å². The molecule has 1 N–H and O–H groups in total. The summed E-state index contributed by atoms with van der Waals surface area (Å²) in [4.78, 5) is 29.9. The van der Waals surface area contributed by atoms with E-state index < -0.39 is 23.5 Å². The third-order valence-corrected chi connectivity index (χ3v) is 6.11. The number of hydrogen-bond donors (Lipinski definition) is 1. The normalized spacial score (nSPS) is 15.5. The Kier molecular flexibility index (Phi) is 6.82. The number of aliphatic hydroxyl groups is 1. The lowest BCUT2D eigenvalue weighted by molar-refractivity contribution is -0.129. The molecule has 2 aromatic carbocycles. The van der Waals surface area contributed by atoms with Crippen LogP contribution in [0.2, 0.25) is 0 Å². The van der Waals surface area contributed by atoms with Gasteiger partial charge in [-0.1, -0.05) is 18.2 Å². The fraction of sp³-hybridized carbons (Fsp3) is 0.259. The van der Waals surface area contributed by atoms with E-state index in [0.29, 0.717) is 17.9 Å². The second kappa shape index (κ2) is 9.97. The van der Waals surface area contributed by atoms with Crippen LogP contribution in [0.3, 0.4) is 0 Å². The van der Waals surface area contributed by atoms with Crippen LogP contribution in [0.5, 0.6) is 11.5 Å². The van der Waals surface area contributed by atoms with E-state index in [1.54, 1.807) is 26.4 Å². The van der Waals surface area contributed by atoms with Gasteiger partial charge in [0.15, 0.2) is 23.0 Å². The summed E-state index contributed by atoms with van der Waals surface area (Å²) in [6.45, 7) is 0.271. The summed E-state index contributed by atoms with van der Waals surface area (Å²) in [6, 6.07) is 15.5. The lowest BCUT2D eigenvalue weighted by atomic mass is 9.94. The molecule has 0 aliphatic carbocycles. The Bertz CT molecular complexity index is 1250. The molecule has 1 unspecified atom stereocenters. The summed E-state index contributed by atoms with van der Waals surface area (Å²) >= 11 is 0. The number of carbonyl (C=O) groups is 2. The van der Waals surface area contributed by atoms with Crippen molar-refractivity contribution in [1.82, 2.24) is 4.90 Å². The predicted octanol–water partition coefficient (Wildman–Crippen LogP) is 4.18. The Labute approximate surface area is 204 Å². The molecule has 1 atom stereocenters. The molecule has 0 spiro atoms. The lowest BCUT2D eigenvalue weighted by Gasteiger charge is -2.27. The van der Waals surface area contributed by atoms with Crippen LogP contribution in [-0.4, -0.2) is 56.6 Å². The van der Waals surface area contributed by atoms with E-state index in [-0.39, 0.29) is 17.9 Å². The average Bonchev–Trinajstić information content (AvgIpc) is 3.50. The Morgan fingerprint density at radius 1 is 1.06 bits per heavy atom. The van der Waals surface area contributed by atoms with E-state index >= 15 is 0 Å². The molecule has 1 aliphatic heterocycles. The van der Waals surface area contributed by atoms with Gasteiger partial charge in [-0.05, 0) is 53.9 Å². The predicted molar refractivity (Wildman–Crippen MR) is 131 cm³/mol. The standard InChI is InChI=1S/C27H28N2O6/c1-28(2)19-10-8-18(9-11-19)24-23(25(30)21-6-5-15-35-21)26(31)27(32)29(24)14-13-17-7-12-20(33-3)22(16-17)34-4/h5-12,15-16,24,31H,13-14H2,1-4H3. The van der Waals surface area contributed by atoms with Crippen LogP contribution in [0, 0.1) is 0 Å². The van der Waals surface area contributed by atoms with Crippen molar-refractivity contribution in [2.24, 2.45) is 0 Å². The largest absolute Gasteiger partial charge is 0.503 e. The van der Waals surface area contributed by atoms with E-state index in [1.807, 2.05) is 55.4 Å². The van der Waals surface area contributed by atoms with Crippen molar-refractivity contribution in [3.05, 3.63) is 89.1 Å². The van der Waals surface area contributed by atoms with E-state index in [0.717, 1.165) is 16.8 Å². The van der Waals surface area contributed by atoms with E-state index in [1.165, 1.54) is 17.2 Å². The number of rotatable bonds is 9. The number of amides is 1. The van der Waals surface area contributed by atoms with E-state index in [4.69, 9.17) is 13.9 Å². The molecule has 4 rings (SSSR count). The van der Waals surface area contributed by atoms with Gasteiger partial charge in [-0.15, -0.1) is 0 Å². The van der Waals surface area contributed by atoms with Gasteiger partial charge in [0.1, 0.15) is 0 Å². The molecule has 3 aromatic rings. The molecule has 1 aliphatic rings. The van der Waals surface area contributed by atoms with Gasteiger partial charge in [0.25, 0.3) is 5.91 Å². The van der Waals surface area contributed by atoms with Crippen molar-refractivity contribution in [2.75, 3.05) is 39.8 Å². The quantitative estimate of drug-likeness (QED) is 0.463. The highest BCUT2D eigenvalue weighted by Gasteiger charge is 2.44. The maximum atomic E-state index is 13.3. The van der Waals surface area contributed by atoms with Crippen LogP contribution in [0.1, 0.15) is 27.7 Å². The first kappa shape index (κ1) is 23.9. The molecular formula is C27H28N2O6. The molecule has 1 amide bonds. The minimum Gasteiger partial charge on any atom is -0.503 e. The number of ketones is 1. The molecule has 182 valence electrons. The Morgan fingerprint density at radius 3 is 2.37 bits per heavy atom. The average molecular weight is 477 g/mol. The van der Waals surface area contributed by atoms with Crippen molar-refractivity contribution in [3.8, 4) is 11.5 Å². The van der Waals surface area contributed by atoms with Gasteiger partial charge in [-0.3, -0.25) is 9.59 Å². The van der Waals surface area contributed by atoms with Crippen molar-refractivity contribution in [2.45, 2.75) is 12.5 Å². The highest BCUT2D eigenvalue weighted by Crippen LogP contribution is 2.39. The highest BCUT2D eigenvalue weighted by atomic mass is 16.5. The first-order valence-electron chi connectivity index (χ1n) is 11.2. The van der Waals surface area contributed by atoms with Crippen LogP contribution >= 0.6 is 0 Å². The maximum Gasteiger partial charge on any atom is 0.290 e. The zero-order chi connectivity index (χ0) is 25.1.